The summed E-state index contributed by atoms with van der Waals surface area (Å²) in [6, 6.07) is 18.4. The van der Waals surface area contributed by atoms with Gasteiger partial charge in [0.1, 0.15) is 5.75 Å². The lowest BCUT2D eigenvalue weighted by Crippen LogP contribution is -2.20. The summed E-state index contributed by atoms with van der Waals surface area (Å²) in [5, 5.41) is 4.69. The summed E-state index contributed by atoms with van der Waals surface area (Å²) in [6.07, 6.45) is 0. The van der Waals surface area contributed by atoms with E-state index in [-0.39, 0.29) is 0 Å². The SMILES string of the molecule is COc1ccc(-c2cc(NCCN(C)C)c3ccccc3n2)cc1. The molecular weight excluding hydrogens is 298 g/mol. The van der Waals surface area contributed by atoms with E-state index in [0.29, 0.717) is 0 Å². The molecule has 0 saturated carbocycles. The topological polar surface area (TPSA) is 37.4 Å². The summed E-state index contributed by atoms with van der Waals surface area (Å²) in [7, 11) is 5.83. The minimum atomic E-state index is 0.851. The van der Waals surface area contributed by atoms with Crippen molar-refractivity contribution in [2.24, 2.45) is 0 Å². The fourth-order valence-corrected chi connectivity index (χ4v) is 2.65. The number of nitrogens with one attached hydrogen (secondary N) is 1. The lowest BCUT2D eigenvalue weighted by atomic mass is 10.1. The van der Waals surface area contributed by atoms with Gasteiger partial charge in [-0.15, -0.1) is 0 Å². The van der Waals surface area contributed by atoms with Crippen molar-refractivity contribution in [3.63, 3.8) is 0 Å². The maximum atomic E-state index is 5.24. The highest BCUT2D eigenvalue weighted by atomic mass is 16.5. The van der Waals surface area contributed by atoms with Gasteiger partial charge >= 0.3 is 0 Å². The summed E-state index contributed by atoms with van der Waals surface area (Å²) < 4.78 is 5.24. The van der Waals surface area contributed by atoms with Gasteiger partial charge < -0.3 is 15.0 Å². The van der Waals surface area contributed by atoms with Gasteiger partial charge in [0.2, 0.25) is 0 Å². The smallest absolute Gasteiger partial charge is 0.118 e. The maximum Gasteiger partial charge on any atom is 0.118 e. The number of hydrogen-bond acceptors (Lipinski definition) is 4. The number of hydrogen-bond donors (Lipinski definition) is 1. The first-order chi connectivity index (χ1) is 11.7. The molecule has 0 aliphatic carbocycles. The highest BCUT2D eigenvalue weighted by Crippen LogP contribution is 2.29. The van der Waals surface area contributed by atoms with Crippen molar-refractivity contribution >= 4 is 16.6 Å². The van der Waals surface area contributed by atoms with Crippen molar-refractivity contribution in [1.82, 2.24) is 9.88 Å². The fourth-order valence-electron chi connectivity index (χ4n) is 2.65. The molecule has 0 atom stereocenters. The van der Waals surface area contributed by atoms with Crippen molar-refractivity contribution in [1.29, 1.82) is 0 Å². The molecule has 3 aromatic rings. The molecule has 1 aromatic heterocycles. The molecule has 0 amide bonds. The monoisotopic (exact) mass is 321 g/mol. The van der Waals surface area contributed by atoms with Crippen LogP contribution in [0.4, 0.5) is 5.69 Å². The first-order valence-electron chi connectivity index (χ1n) is 8.10. The second-order valence-electron chi connectivity index (χ2n) is 6.03. The molecule has 2 aromatic carbocycles. The fraction of sp³-hybridized carbons (Fsp3) is 0.250. The first kappa shape index (κ1) is 16.3. The van der Waals surface area contributed by atoms with Crippen LogP contribution in [0.15, 0.2) is 54.6 Å². The highest BCUT2D eigenvalue weighted by molar-refractivity contribution is 5.93. The Morgan fingerprint density at radius 3 is 2.50 bits per heavy atom. The van der Waals surface area contributed by atoms with Crippen LogP contribution in [-0.2, 0) is 0 Å². The molecule has 0 spiro atoms. The number of nitrogens with zero attached hydrogens (tertiary/aromatic N) is 2. The normalized spacial score (nSPS) is 11.0. The van der Waals surface area contributed by atoms with Crippen molar-refractivity contribution < 1.29 is 4.74 Å². The van der Waals surface area contributed by atoms with E-state index in [2.05, 4.69) is 42.5 Å². The van der Waals surface area contributed by atoms with Crippen LogP contribution in [0.5, 0.6) is 5.75 Å². The van der Waals surface area contributed by atoms with Crippen LogP contribution in [0.2, 0.25) is 0 Å². The summed E-state index contributed by atoms with van der Waals surface area (Å²) in [5.74, 6) is 0.851. The third-order valence-corrected chi connectivity index (χ3v) is 3.98. The maximum absolute atomic E-state index is 5.24. The summed E-state index contributed by atoms with van der Waals surface area (Å²) in [6.45, 7) is 1.87. The van der Waals surface area contributed by atoms with Gasteiger partial charge in [0.05, 0.1) is 18.3 Å². The van der Waals surface area contributed by atoms with E-state index in [9.17, 15) is 0 Å². The molecule has 0 saturated heterocycles. The molecule has 1 heterocycles. The molecule has 0 bridgehead atoms. The lowest BCUT2D eigenvalue weighted by molar-refractivity contribution is 0.415. The first-order valence-corrected chi connectivity index (χ1v) is 8.10. The van der Waals surface area contributed by atoms with Crippen LogP contribution in [0.1, 0.15) is 0 Å². The Hall–Kier alpha value is -2.59. The second kappa shape index (κ2) is 7.32. The quantitative estimate of drug-likeness (QED) is 0.747. The van der Waals surface area contributed by atoms with E-state index < -0.39 is 0 Å². The van der Waals surface area contributed by atoms with E-state index in [0.717, 1.165) is 46.7 Å². The second-order valence-corrected chi connectivity index (χ2v) is 6.03. The number of benzene rings is 2. The predicted molar refractivity (Wildman–Crippen MR) is 101 cm³/mol. The number of pyridine rings is 1. The predicted octanol–water partition coefficient (Wildman–Crippen LogP) is 3.88. The number of ether oxygens (including phenoxy) is 1. The zero-order valence-corrected chi connectivity index (χ0v) is 14.4. The number of para-hydroxylation sites is 1. The van der Waals surface area contributed by atoms with Crippen molar-refractivity contribution in [3.05, 3.63) is 54.6 Å². The van der Waals surface area contributed by atoms with Gasteiger partial charge in [0, 0.05) is 29.7 Å². The molecule has 4 heteroatoms. The average molecular weight is 321 g/mol. The minimum Gasteiger partial charge on any atom is -0.497 e. The highest BCUT2D eigenvalue weighted by Gasteiger charge is 2.07. The number of methoxy groups -OCH3 is 1. The molecule has 3 rings (SSSR count). The van der Waals surface area contributed by atoms with Gasteiger partial charge in [0.15, 0.2) is 0 Å². The zero-order chi connectivity index (χ0) is 16.9. The Balaban J connectivity index is 1.98. The Morgan fingerprint density at radius 1 is 1.04 bits per heavy atom. The summed E-state index contributed by atoms with van der Waals surface area (Å²) in [4.78, 5) is 6.98. The third-order valence-electron chi connectivity index (χ3n) is 3.98. The van der Waals surface area contributed by atoms with Gasteiger partial charge in [-0.1, -0.05) is 18.2 Å². The molecule has 124 valence electrons. The molecule has 0 aliphatic rings. The van der Waals surface area contributed by atoms with E-state index in [1.165, 1.54) is 0 Å². The number of likely N-dealkylation sites (N-methyl/N-ethyl adjacent to an activating group) is 1. The summed E-state index contributed by atoms with van der Waals surface area (Å²) >= 11 is 0. The van der Waals surface area contributed by atoms with Gasteiger partial charge in [-0.05, 0) is 50.5 Å². The molecule has 4 nitrogen and oxygen atoms in total. The number of anilines is 1. The molecule has 0 aliphatic heterocycles. The summed E-state index contributed by atoms with van der Waals surface area (Å²) in [5.41, 5.74) is 4.16. The van der Waals surface area contributed by atoms with E-state index in [1.807, 2.05) is 36.4 Å². The Kier molecular flexibility index (Phi) is 4.96. The van der Waals surface area contributed by atoms with Gasteiger partial charge in [-0.2, -0.15) is 0 Å². The Bertz CT molecular complexity index is 813. The Labute approximate surface area is 143 Å². The van der Waals surface area contributed by atoms with Crippen molar-refractivity contribution in [3.8, 4) is 17.0 Å². The van der Waals surface area contributed by atoms with Crippen molar-refractivity contribution in [2.75, 3.05) is 39.6 Å². The van der Waals surface area contributed by atoms with E-state index >= 15 is 0 Å². The lowest BCUT2D eigenvalue weighted by Gasteiger charge is -2.14. The van der Waals surface area contributed by atoms with Crippen molar-refractivity contribution in [2.45, 2.75) is 0 Å². The van der Waals surface area contributed by atoms with Gasteiger partial charge in [-0.3, -0.25) is 0 Å². The van der Waals surface area contributed by atoms with Crippen LogP contribution in [0, 0.1) is 0 Å². The Morgan fingerprint density at radius 2 is 1.79 bits per heavy atom. The standard InChI is InChI=1S/C20H23N3O/c1-23(2)13-12-21-20-14-19(15-8-10-16(24-3)11-9-15)22-18-7-5-4-6-17(18)20/h4-11,14H,12-13H2,1-3H3,(H,21,22). The minimum absolute atomic E-state index is 0.851. The largest absolute Gasteiger partial charge is 0.497 e. The van der Waals surface area contributed by atoms with Crippen LogP contribution in [-0.4, -0.2) is 44.2 Å². The zero-order valence-electron chi connectivity index (χ0n) is 14.4. The van der Waals surface area contributed by atoms with E-state index in [1.54, 1.807) is 7.11 Å². The van der Waals surface area contributed by atoms with Gasteiger partial charge in [-0.25, -0.2) is 4.98 Å². The van der Waals surface area contributed by atoms with Crippen LogP contribution in [0.25, 0.3) is 22.2 Å². The third kappa shape index (κ3) is 3.66. The molecular formula is C20H23N3O. The molecule has 0 radical (unpaired) electrons. The average Bonchev–Trinajstić information content (AvgIpc) is 2.61. The molecule has 24 heavy (non-hydrogen) atoms. The molecule has 0 fully saturated rings. The van der Waals surface area contributed by atoms with Gasteiger partial charge in [0.25, 0.3) is 0 Å². The molecule has 0 unspecified atom stereocenters. The number of rotatable bonds is 6. The molecule has 1 N–H and O–H groups in total. The van der Waals surface area contributed by atoms with Crippen LogP contribution >= 0.6 is 0 Å². The number of fused-ring (bicyclic) bond motifs is 1. The van der Waals surface area contributed by atoms with E-state index in [4.69, 9.17) is 9.72 Å². The van der Waals surface area contributed by atoms with Crippen LogP contribution < -0.4 is 10.1 Å². The number of aromatic nitrogens is 1. The van der Waals surface area contributed by atoms with Crippen LogP contribution in [0.3, 0.4) is 0 Å².